The third-order valence-electron chi connectivity index (χ3n) is 3.30. The third kappa shape index (κ3) is 4.84. The van der Waals surface area contributed by atoms with Crippen LogP contribution in [0.25, 0.3) is 0 Å². The van der Waals surface area contributed by atoms with Crippen LogP contribution in [0.4, 0.5) is 4.79 Å². The minimum Gasteiger partial charge on any atom is -0.444 e. The van der Waals surface area contributed by atoms with Crippen LogP contribution in [0.1, 0.15) is 41.5 Å². The number of amides is 2. The summed E-state index contributed by atoms with van der Waals surface area (Å²) in [5.74, 6) is -0.233. The summed E-state index contributed by atoms with van der Waals surface area (Å²) in [4.78, 5) is 25.6. The summed E-state index contributed by atoms with van der Waals surface area (Å²) in [7, 11) is 1.46. The van der Waals surface area contributed by atoms with Crippen LogP contribution in [0.3, 0.4) is 0 Å². The van der Waals surface area contributed by atoms with E-state index in [1.165, 1.54) is 7.11 Å². The minimum absolute atomic E-state index is 0.0161. The van der Waals surface area contributed by atoms with E-state index in [0.29, 0.717) is 0 Å². The standard InChI is InChI=1S/C15H28N2O5/c1-10-11(8-16-12(18)9-20-7)17(15(5,6)21-10)13(19)22-14(2,3)4/h10-11H,8-9H2,1-7H3,(H,16,18)/t10-,11-/m0/s1. The molecule has 0 bridgehead atoms. The molecular formula is C15H28N2O5. The summed E-state index contributed by atoms with van der Waals surface area (Å²) in [5.41, 5.74) is -1.39. The number of hydrogen-bond acceptors (Lipinski definition) is 5. The number of nitrogens with one attached hydrogen (secondary N) is 1. The van der Waals surface area contributed by atoms with Crippen LogP contribution < -0.4 is 5.32 Å². The quantitative estimate of drug-likeness (QED) is 0.850. The van der Waals surface area contributed by atoms with Gasteiger partial charge in [-0.2, -0.15) is 0 Å². The molecule has 0 radical (unpaired) electrons. The highest BCUT2D eigenvalue weighted by Crippen LogP contribution is 2.33. The lowest BCUT2D eigenvalue weighted by Crippen LogP contribution is -2.53. The lowest BCUT2D eigenvalue weighted by Gasteiger charge is -2.35. The highest BCUT2D eigenvalue weighted by Gasteiger charge is 2.49. The molecule has 0 aromatic heterocycles. The maximum Gasteiger partial charge on any atom is 0.412 e. The van der Waals surface area contributed by atoms with Crippen molar-refractivity contribution >= 4 is 12.0 Å². The van der Waals surface area contributed by atoms with Crippen molar-refractivity contribution in [3.05, 3.63) is 0 Å². The smallest absolute Gasteiger partial charge is 0.412 e. The molecule has 7 nitrogen and oxygen atoms in total. The Kier molecular flexibility index (Phi) is 5.81. The summed E-state index contributed by atoms with van der Waals surface area (Å²) in [5, 5.41) is 2.75. The fourth-order valence-corrected chi connectivity index (χ4v) is 2.52. The molecule has 1 N–H and O–H groups in total. The van der Waals surface area contributed by atoms with Crippen LogP contribution in [0.2, 0.25) is 0 Å². The number of ether oxygens (including phenoxy) is 3. The summed E-state index contributed by atoms with van der Waals surface area (Å²) < 4.78 is 16.1. The molecule has 0 aromatic rings. The Morgan fingerprint density at radius 3 is 2.41 bits per heavy atom. The Bertz CT molecular complexity index is 417. The van der Waals surface area contributed by atoms with Gasteiger partial charge in [-0.25, -0.2) is 4.79 Å². The number of nitrogens with zero attached hydrogens (tertiary/aromatic N) is 1. The van der Waals surface area contributed by atoms with Gasteiger partial charge in [-0.05, 0) is 41.5 Å². The predicted molar refractivity (Wildman–Crippen MR) is 81.4 cm³/mol. The monoisotopic (exact) mass is 316 g/mol. The summed E-state index contributed by atoms with van der Waals surface area (Å²) in [6.07, 6.45) is -0.668. The molecule has 0 spiro atoms. The third-order valence-corrected chi connectivity index (χ3v) is 3.30. The first-order valence-corrected chi connectivity index (χ1v) is 7.43. The Labute approximate surface area is 132 Å². The Hall–Kier alpha value is -1.34. The van der Waals surface area contributed by atoms with E-state index >= 15 is 0 Å². The second kappa shape index (κ2) is 6.83. The lowest BCUT2D eigenvalue weighted by molar-refractivity contribution is -0.125. The highest BCUT2D eigenvalue weighted by atomic mass is 16.6. The van der Waals surface area contributed by atoms with E-state index in [-0.39, 0.29) is 31.2 Å². The van der Waals surface area contributed by atoms with Gasteiger partial charge in [0, 0.05) is 13.7 Å². The summed E-state index contributed by atoms with van der Waals surface area (Å²) in [6, 6.07) is -0.300. The largest absolute Gasteiger partial charge is 0.444 e. The van der Waals surface area contributed by atoms with Crippen LogP contribution in [-0.2, 0) is 19.0 Å². The van der Waals surface area contributed by atoms with E-state index in [1.54, 1.807) is 4.90 Å². The number of hydrogen-bond donors (Lipinski definition) is 1. The maximum absolute atomic E-state index is 12.5. The molecule has 1 aliphatic rings. The van der Waals surface area contributed by atoms with Crippen molar-refractivity contribution in [3.63, 3.8) is 0 Å². The first-order chi connectivity index (χ1) is 9.98. The average Bonchev–Trinajstić information content (AvgIpc) is 2.53. The molecule has 128 valence electrons. The first-order valence-electron chi connectivity index (χ1n) is 7.43. The second-order valence-corrected chi connectivity index (χ2v) is 6.92. The second-order valence-electron chi connectivity index (χ2n) is 6.92. The van der Waals surface area contributed by atoms with Crippen LogP contribution in [0, 0.1) is 0 Å². The van der Waals surface area contributed by atoms with Crippen LogP contribution >= 0.6 is 0 Å². The molecule has 1 heterocycles. The van der Waals surface area contributed by atoms with Crippen molar-refractivity contribution in [3.8, 4) is 0 Å². The summed E-state index contributed by atoms with van der Waals surface area (Å²) >= 11 is 0. The highest BCUT2D eigenvalue weighted by molar-refractivity contribution is 5.77. The Morgan fingerprint density at radius 2 is 1.91 bits per heavy atom. The molecule has 0 aliphatic carbocycles. The van der Waals surface area contributed by atoms with E-state index in [0.717, 1.165) is 0 Å². The SMILES string of the molecule is COCC(=O)NC[C@H]1[C@H](C)OC(C)(C)N1C(=O)OC(C)(C)C. The van der Waals surface area contributed by atoms with Gasteiger partial charge in [0.05, 0.1) is 12.1 Å². The van der Waals surface area contributed by atoms with Gasteiger partial charge in [0.15, 0.2) is 0 Å². The van der Waals surface area contributed by atoms with Gasteiger partial charge in [-0.15, -0.1) is 0 Å². The van der Waals surface area contributed by atoms with E-state index < -0.39 is 17.4 Å². The normalized spacial score (nSPS) is 24.2. The molecule has 1 saturated heterocycles. The molecule has 22 heavy (non-hydrogen) atoms. The molecule has 1 fully saturated rings. The fourth-order valence-electron chi connectivity index (χ4n) is 2.52. The van der Waals surface area contributed by atoms with Gasteiger partial charge in [0.2, 0.25) is 5.91 Å². The van der Waals surface area contributed by atoms with Crippen molar-refractivity contribution < 1.29 is 23.8 Å². The van der Waals surface area contributed by atoms with Crippen LogP contribution in [0.5, 0.6) is 0 Å². The molecule has 2 atom stereocenters. The van der Waals surface area contributed by atoms with Gasteiger partial charge in [0.1, 0.15) is 17.9 Å². The number of rotatable bonds is 4. The average molecular weight is 316 g/mol. The molecule has 1 aliphatic heterocycles. The van der Waals surface area contributed by atoms with Crippen LogP contribution in [0.15, 0.2) is 0 Å². The number of carbonyl (C=O) groups excluding carboxylic acids is 2. The zero-order valence-electron chi connectivity index (χ0n) is 14.6. The lowest BCUT2D eigenvalue weighted by atomic mass is 10.1. The molecule has 7 heteroatoms. The van der Waals surface area contributed by atoms with Crippen molar-refractivity contribution in [2.75, 3.05) is 20.3 Å². The first kappa shape index (κ1) is 18.7. The predicted octanol–water partition coefficient (Wildman–Crippen LogP) is 1.51. The van der Waals surface area contributed by atoms with Gasteiger partial charge in [0.25, 0.3) is 0 Å². The maximum atomic E-state index is 12.5. The van der Waals surface area contributed by atoms with E-state index in [4.69, 9.17) is 14.2 Å². The van der Waals surface area contributed by atoms with Crippen molar-refractivity contribution in [2.24, 2.45) is 0 Å². The minimum atomic E-state index is -0.793. The zero-order chi connectivity index (χ0) is 17.1. The van der Waals surface area contributed by atoms with Gasteiger partial charge in [-0.1, -0.05) is 0 Å². The van der Waals surface area contributed by atoms with E-state index in [2.05, 4.69) is 5.32 Å². The van der Waals surface area contributed by atoms with E-state index in [1.807, 2.05) is 41.5 Å². The Morgan fingerprint density at radius 1 is 1.32 bits per heavy atom. The zero-order valence-corrected chi connectivity index (χ0v) is 14.6. The number of methoxy groups -OCH3 is 1. The topological polar surface area (TPSA) is 77.1 Å². The molecule has 2 amide bonds. The molecule has 0 aromatic carbocycles. The molecule has 1 rings (SSSR count). The van der Waals surface area contributed by atoms with Crippen LogP contribution in [-0.4, -0.2) is 60.6 Å². The molecule has 0 saturated carbocycles. The Balaban J connectivity index is 2.83. The molecule has 0 unspecified atom stereocenters. The van der Waals surface area contributed by atoms with Crippen molar-refractivity contribution in [1.82, 2.24) is 10.2 Å². The summed E-state index contributed by atoms with van der Waals surface area (Å²) in [6.45, 7) is 11.2. The van der Waals surface area contributed by atoms with Gasteiger partial charge < -0.3 is 19.5 Å². The fraction of sp³-hybridized carbons (Fsp3) is 0.867. The van der Waals surface area contributed by atoms with Gasteiger partial charge in [-0.3, -0.25) is 9.69 Å². The van der Waals surface area contributed by atoms with E-state index in [9.17, 15) is 9.59 Å². The molecular weight excluding hydrogens is 288 g/mol. The van der Waals surface area contributed by atoms with Crippen molar-refractivity contribution in [2.45, 2.75) is 65.0 Å². The van der Waals surface area contributed by atoms with Crippen molar-refractivity contribution in [1.29, 1.82) is 0 Å². The number of carbonyl (C=O) groups is 2. The van der Waals surface area contributed by atoms with Gasteiger partial charge >= 0.3 is 6.09 Å².